The van der Waals surface area contributed by atoms with Gasteiger partial charge in [0.25, 0.3) is 0 Å². The summed E-state index contributed by atoms with van der Waals surface area (Å²) < 4.78 is 12.0. The van der Waals surface area contributed by atoms with Crippen molar-refractivity contribution in [3.05, 3.63) is 64.9 Å². The molecule has 0 aliphatic carbocycles. The number of hydrogen-bond donors (Lipinski definition) is 2. The first-order valence-electron chi connectivity index (χ1n) is 9.08. The molecule has 1 heterocycles. The number of rotatable bonds is 7. The van der Waals surface area contributed by atoms with Crippen molar-refractivity contribution < 1.29 is 14.3 Å². The minimum absolute atomic E-state index is 0.376. The number of carbonyl (C=O) groups excluding carboxylic acids is 1. The summed E-state index contributed by atoms with van der Waals surface area (Å²) in [5, 5.41) is 2.81. The second-order valence-electron chi connectivity index (χ2n) is 5.91. The first kappa shape index (κ1) is 20.6. The Morgan fingerprint density at radius 3 is 2.76 bits per heavy atom. The van der Waals surface area contributed by atoms with Gasteiger partial charge in [-0.15, -0.1) is 0 Å². The third kappa shape index (κ3) is 6.21. The molecule has 0 saturated heterocycles. The summed E-state index contributed by atoms with van der Waals surface area (Å²) in [4.78, 5) is 19.7. The average molecular weight is 454 g/mol. The van der Waals surface area contributed by atoms with Gasteiger partial charge in [0.1, 0.15) is 18.2 Å². The van der Waals surface area contributed by atoms with Crippen LogP contribution in [0.3, 0.4) is 0 Å². The summed E-state index contributed by atoms with van der Waals surface area (Å²) in [7, 11) is 0. The van der Waals surface area contributed by atoms with Gasteiger partial charge in [0.15, 0.2) is 0 Å². The molecule has 0 spiro atoms. The van der Waals surface area contributed by atoms with Crippen LogP contribution in [0.1, 0.15) is 12.5 Å². The lowest BCUT2D eigenvalue weighted by Gasteiger charge is -2.12. The normalized spacial score (nSPS) is 10.1. The molecule has 0 atom stereocenters. The molecule has 2 N–H and O–H groups in total. The van der Waals surface area contributed by atoms with Gasteiger partial charge in [-0.05, 0) is 49.4 Å². The monoisotopic (exact) mass is 453 g/mol. The van der Waals surface area contributed by atoms with E-state index in [1.54, 1.807) is 24.5 Å². The third-order valence-electron chi connectivity index (χ3n) is 3.85. The van der Waals surface area contributed by atoms with Crippen molar-refractivity contribution in [1.29, 1.82) is 0 Å². The van der Waals surface area contributed by atoms with Gasteiger partial charge in [0.2, 0.25) is 0 Å². The van der Waals surface area contributed by atoms with Gasteiger partial charge >= 0.3 is 5.91 Å². The SMILES string of the molecule is CCOCCOc1ccc(-c2ncc[nH]2)cc1NC(=O)C#Cc1ccc(Br)cc1. The molecule has 3 aromatic rings. The van der Waals surface area contributed by atoms with Crippen molar-refractivity contribution in [3.63, 3.8) is 0 Å². The van der Waals surface area contributed by atoms with E-state index in [0.29, 0.717) is 37.1 Å². The third-order valence-corrected chi connectivity index (χ3v) is 4.38. The first-order chi connectivity index (χ1) is 14.2. The van der Waals surface area contributed by atoms with Crippen molar-refractivity contribution in [2.45, 2.75) is 6.92 Å². The molecule has 148 valence electrons. The van der Waals surface area contributed by atoms with Crippen LogP contribution >= 0.6 is 15.9 Å². The molecule has 0 radical (unpaired) electrons. The van der Waals surface area contributed by atoms with Crippen LogP contribution in [0, 0.1) is 11.8 Å². The zero-order chi connectivity index (χ0) is 20.5. The van der Waals surface area contributed by atoms with Crippen molar-refractivity contribution >= 4 is 27.5 Å². The highest BCUT2D eigenvalue weighted by molar-refractivity contribution is 9.10. The van der Waals surface area contributed by atoms with Gasteiger partial charge in [-0.25, -0.2) is 4.98 Å². The van der Waals surface area contributed by atoms with Gasteiger partial charge in [0.05, 0.1) is 12.3 Å². The quantitative estimate of drug-likeness (QED) is 0.414. The molecule has 0 bridgehead atoms. The van der Waals surface area contributed by atoms with Crippen LogP contribution < -0.4 is 10.1 Å². The predicted molar refractivity (Wildman–Crippen MR) is 116 cm³/mol. The average Bonchev–Trinajstić information content (AvgIpc) is 3.26. The molecule has 0 aliphatic rings. The second-order valence-corrected chi connectivity index (χ2v) is 6.82. The lowest BCUT2D eigenvalue weighted by molar-refractivity contribution is -0.111. The number of H-pyrrole nitrogens is 1. The lowest BCUT2D eigenvalue weighted by Crippen LogP contribution is -2.12. The van der Waals surface area contributed by atoms with E-state index in [9.17, 15) is 4.79 Å². The highest BCUT2D eigenvalue weighted by Crippen LogP contribution is 2.29. The van der Waals surface area contributed by atoms with Crippen LogP contribution in [0.25, 0.3) is 11.4 Å². The molecule has 3 rings (SSSR count). The second kappa shape index (κ2) is 10.5. The number of nitrogens with zero attached hydrogens (tertiary/aromatic N) is 1. The maximum Gasteiger partial charge on any atom is 0.300 e. The number of carbonyl (C=O) groups is 1. The standard InChI is InChI=1S/C22H20BrN3O3/c1-2-28-13-14-29-20-9-6-17(22-24-11-12-25-22)15-19(20)26-21(27)10-5-16-3-7-18(23)8-4-16/h3-4,6-9,11-12,15H,2,13-14H2,1H3,(H,24,25)(H,26,27). The molecule has 7 heteroatoms. The Morgan fingerprint density at radius 2 is 2.03 bits per heavy atom. The molecular formula is C22H20BrN3O3. The Labute approximate surface area is 177 Å². The van der Waals surface area contributed by atoms with E-state index in [0.717, 1.165) is 15.6 Å². The smallest absolute Gasteiger partial charge is 0.300 e. The van der Waals surface area contributed by atoms with E-state index in [4.69, 9.17) is 9.47 Å². The van der Waals surface area contributed by atoms with Crippen LogP contribution in [-0.2, 0) is 9.53 Å². The van der Waals surface area contributed by atoms with E-state index in [1.807, 2.05) is 37.3 Å². The summed E-state index contributed by atoms with van der Waals surface area (Å²) in [6, 6.07) is 12.9. The summed E-state index contributed by atoms with van der Waals surface area (Å²) in [6.07, 6.45) is 3.41. The molecule has 0 fully saturated rings. The molecule has 0 aliphatic heterocycles. The van der Waals surface area contributed by atoms with E-state index in [-0.39, 0.29) is 0 Å². The molecular weight excluding hydrogens is 434 g/mol. The maximum absolute atomic E-state index is 12.4. The number of aromatic amines is 1. The number of ether oxygens (including phenoxy) is 2. The number of anilines is 1. The minimum Gasteiger partial charge on any atom is -0.489 e. The van der Waals surface area contributed by atoms with Crippen LogP contribution in [0.4, 0.5) is 5.69 Å². The molecule has 2 aromatic carbocycles. The summed E-state index contributed by atoms with van der Waals surface area (Å²) in [5.74, 6) is 6.26. The van der Waals surface area contributed by atoms with Crippen LogP contribution in [0.5, 0.6) is 5.75 Å². The van der Waals surface area contributed by atoms with Crippen LogP contribution in [0.15, 0.2) is 59.3 Å². The number of halogens is 1. The van der Waals surface area contributed by atoms with Crippen molar-refractivity contribution in [2.75, 3.05) is 25.1 Å². The summed E-state index contributed by atoms with van der Waals surface area (Å²) in [6.45, 7) is 3.39. The fraction of sp³-hybridized carbons (Fsp3) is 0.182. The van der Waals surface area contributed by atoms with Crippen LogP contribution in [-0.4, -0.2) is 35.7 Å². The number of hydrogen-bond acceptors (Lipinski definition) is 4. The number of aromatic nitrogens is 2. The van der Waals surface area contributed by atoms with Crippen molar-refractivity contribution in [1.82, 2.24) is 9.97 Å². The van der Waals surface area contributed by atoms with Crippen molar-refractivity contribution in [2.24, 2.45) is 0 Å². The summed E-state index contributed by atoms with van der Waals surface area (Å²) in [5.41, 5.74) is 2.09. The van der Waals surface area contributed by atoms with Crippen LogP contribution in [0.2, 0.25) is 0 Å². The zero-order valence-electron chi connectivity index (χ0n) is 15.9. The Kier molecular flexibility index (Phi) is 7.45. The Morgan fingerprint density at radius 1 is 1.21 bits per heavy atom. The topological polar surface area (TPSA) is 76.2 Å². The zero-order valence-corrected chi connectivity index (χ0v) is 17.5. The van der Waals surface area contributed by atoms with Crippen molar-refractivity contribution in [3.8, 4) is 29.0 Å². The van der Waals surface area contributed by atoms with Gasteiger partial charge < -0.3 is 19.8 Å². The first-order valence-corrected chi connectivity index (χ1v) is 9.88. The highest BCUT2D eigenvalue weighted by Gasteiger charge is 2.10. The molecule has 0 unspecified atom stereocenters. The Balaban J connectivity index is 1.77. The maximum atomic E-state index is 12.4. The van der Waals surface area contributed by atoms with Gasteiger partial charge in [-0.2, -0.15) is 0 Å². The predicted octanol–water partition coefficient (Wildman–Crippen LogP) is 4.24. The summed E-state index contributed by atoms with van der Waals surface area (Å²) >= 11 is 3.37. The molecule has 0 saturated carbocycles. The molecule has 6 nitrogen and oxygen atoms in total. The van der Waals surface area contributed by atoms with E-state index in [2.05, 4.69) is 43.1 Å². The number of imidazole rings is 1. The van der Waals surface area contributed by atoms with Gasteiger partial charge in [0, 0.05) is 40.5 Å². The molecule has 1 amide bonds. The van der Waals surface area contributed by atoms with E-state index >= 15 is 0 Å². The largest absolute Gasteiger partial charge is 0.489 e. The molecule has 1 aromatic heterocycles. The van der Waals surface area contributed by atoms with Gasteiger partial charge in [-0.1, -0.05) is 21.9 Å². The number of nitrogens with one attached hydrogen (secondary N) is 2. The Bertz CT molecular complexity index is 1010. The number of amides is 1. The van der Waals surface area contributed by atoms with E-state index < -0.39 is 5.91 Å². The van der Waals surface area contributed by atoms with Gasteiger partial charge in [-0.3, -0.25) is 4.79 Å². The minimum atomic E-state index is -0.431. The lowest BCUT2D eigenvalue weighted by atomic mass is 10.1. The Hall–Kier alpha value is -3.08. The fourth-order valence-corrected chi connectivity index (χ4v) is 2.76. The molecule has 29 heavy (non-hydrogen) atoms. The highest BCUT2D eigenvalue weighted by atomic mass is 79.9. The van der Waals surface area contributed by atoms with E-state index in [1.165, 1.54) is 0 Å². The fourth-order valence-electron chi connectivity index (χ4n) is 2.49. The number of benzene rings is 2.